The Morgan fingerprint density at radius 1 is 1.38 bits per heavy atom. The van der Waals surface area contributed by atoms with Crippen LogP contribution in [0.1, 0.15) is 11.6 Å². The molecule has 0 spiro atoms. The van der Waals surface area contributed by atoms with Crippen LogP contribution in [-0.4, -0.2) is 17.1 Å². The average molecular weight is 230 g/mol. The third kappa shape index (κ3) is 2.66. The number of hydrogen-bond acceptors (Lipinski definition) is 2. The second-order valence-electron chi connectivity index (χ2n) is 2.95. The molecule has 5 nitrogen and oxygen atoms in total. The van der Waals surface area contributed by atoms with Gasteiger partial charge in [-0.2, -0.15) is 0 Å². The minimum Gasteiger partial charge on any atom is -0.465 e. The van der Waals surface area contributed by atoms with Crippen molar-refractivity contribution in [3.8, 4) is 0 Å². The molecule has 0 aliphatic rings. The van der Waals surface area contributed by atoms with Crippen LogP contribution < -0.4 is 11.1 Å². The van der Waals surface area contributed by atoms with E-state index in [0.717, 1.165) is 12.1 Å². The van der Waals surface area contributed by atoms with Crippen molar-refractivity contribution in [2.75, 3.05) is 0 Å². The van der Waals surface area contributed by atoms with Crippen molar-refractivity contribution in [1.82, 2.24) is 5.32 Å². The first kappa shape index (κ1) is 11.9. The van der Waals surface area contributed by atoms with Gasteiger partial charge in [-0.05, 0) is 6.07 Å². The molecule has 2 amide bonds. The summed E-state index contributed by atoms with van der Waals surface area (Å²) in [5.74, 6) is -2.95. The molecule has 1 aromatic rings. The molecule has 0 radical (unpaired) electrons. The predicted molar refractivity (Wildman–Crippen MR) is 49.5 cm³/mol. The second kappa shape index (κ2) is 4.56. The smallest absolute Gasteiger partial charge is 0.405 e. The van der Waals surface area contributed by atoms with E-state index in [0.29, 0.717) is 6.07 Å². The number of nitrogens with one attached hydrogen (secondary N) is 1. The molecule has 0 fully saturated rings. The van der Waals surface area contributed by atoms with Gasteiger partial charge in [0.25, 0.3) is 0 Å². The Morgan fingerprint density at radius 2 is 2.00 bits per heavy atom. The maximum Gasteiger partial charge on any atom is 0.405 e. The number of halogens is 2. The number of carbonyl (C=O) groups excluding carboxylic acids is 1. The van der Waals surface area contributed by atoms with Crippen LogP contribution in [0.3, 0.4) is 0 Å². The van der Waals surface area contributed by atoms with Crippen molar-refractivity contribution in [2.45, 2.75) is 6.04 Å². The summed E-state index contributed by atoms with van der Waals surface area (Å²) in [6, 6.07) is 0.848. The second-order valence-corrected chi connectivity index (χ2v) is 2.95. The Bertz CT molecular complexity index is 437. The summed E-state index contributed by atoms with van der Waals surface area (Å²) < 4.78 is 25.8. The Kier molecular flexibility index (Phi) is 3.39. The van der Waals surface area contributed by atoms with Gasteiger partial charge in [0.05, 0.1) is 0 Å². The van der Waals surface area contributed by atoms with Gasteiger partial charge in [0.15, 0.2) is 0 Å². The molecule has 0 bridgehead atoms. The first-order chi connectivity index (χ1) is 7.41. The maximum absolute atomic E-state index is 13.2. The van der Waals surface area contributed by atoms with Gasteiger partial charge >= 0.3 is 6.09 Å². The lowest BCUT2D eigenvalue weighted by atomic mass is 10.1. The number of benzene rings is 1. The van der Waals surface area contributed by atoms with Crippen LogP contribution in [-0.2, 0) is 4.79 Å². The number of rotatable bonds is 3. The number of carboxylic acid groups (broad SMARTS) is 1. The molecule has 0 saturated carbocycles. The monoisotopic (exact) mass is 230 g/mol. The van der Waals surface area contributed by atoms with E-state index < -0.39 is 29.7 Å². The summed E-state index contributed by atoms with van der Waals surface area (Å²) in [5, 5.41) is 10.2. The minimum absolute atomic E-state index is 0.323. The Hall–Kier alpha value is -2.18. The quantitative estimate of drug-likeness (QED) is 0.715. The Morgan fingerprint density at radius 3 is 2.44 bits per heavy atom. The number of primary amides is 1. The SMILES string of the molecule is NC(=O)C(NC(=O)O)c1ccc(F)cc1F. The minimum atomic E-state index is -1.54. The first-order valence-corrected chi connectivity index (χ1v) is 4.15. The van der Waals surface area contributed by atoms with Gasteiger partial charge in [-0.15, -0.1) is 0 Å². The van der Waals surface area contributed by atoms with Crippen LogP contribution in [0, 0.1) is 11.6 Å². The van der Waals surface area contributed by atoms with E-state index in [1.54, 1.807) is 5.32 Å². The van der Waals surface area contributed by atoms with Gasteiger partial charge < -0.3 is 16.2 Å². The zero-order valence-electron chi connectivity index (χ0n) is 7.91. The van der Waals surface area contributed by atoms with E-state index in [4.69, 9.17) is 10.8 Å². The molecule has 1 atom stereocenters. The fourth-order valence-electron chi connectivity index (χ4n) is 1.16. The molecule has 86 valence electrons. The van der Waals surface area contributed by atoms with Crippen molar-refractivity contribution < 1.29 is 23.5 Å². The fraction of sp³-hybridized carbons (Fsp3) is 0.111. The first-order valence-electron chi connectivity index (χ1n) is 4.15. The molecule has 0 aliphatic carbocycles. The Labute approximate surface area is 88.9 Å². The molecule has 7 heteroatoms. The van der Waals surface area contributed by atoms with Crippen LogP contribution >= 0.6 is 0 Å². The van der Waals surface area contributed by atoms with Crippen molar-refractivity contribution in [3.63, 3.8) is 0 Å². The molecule has 1 rings (SSSR count). The molecule has 4 N–H and O–H groups in total. The summed E-state index contributed by atoms with van der Waals surface area (Å²) in [4.78, 5) is 21.3. The van der Waals surface area contributed by atoms with Gasteiger partial charge in [0.2, 0.25) is 5.91 Å². The summed E-state index contributed by atoms with van der Waals surface area (Å²) in [6.07, 6.45) is -1.53. The molecule has 1 unspecified atom stereocenters. The van der Waals surface area contributed by atoms with Crippen LogP contribution in [0.4, 0.5) is 13.6 Å². The highest BCUT2D eigenvalue weighted by Gasteiger charge is 2.23. The van der Waals surface area contributed by atoms with Crippen molar-refractivity contribution >= 4 is 12.0 Å². The van der Waals surface area contributed by atoms with Crippen molar-refractivity contribution in [2.24, 2.45) is 5.73 Å². The highest BCUT2D eigenvalue weighted by atomic mass is 19.1. The number of nitrogens with two attached hydrogens (primary N) is 1. The average Bonchev–Trinajstić information content (AvgIpc) is 2.14. The summed E-state index contributed by atoms with van der Waals surface area (Å²) >= 11 is 0. The fourth-order valence-corrected chi connectivity index (χ4v) is 1.16. The third-order valence-corrected chi connectivity index (χ3v) is 1.83. The van der Waals surface area contributed by atoms with Gasteiger partial charge in [-0.1, -0.05) is 6.07 Å². The van der Waals surface area contributed by atoms with E-state index in [2.05, 4.69) is 0 Å². The van der Waals surface area contributed by atoms with E-state index in [-0.39, 0.29) is 5.56 Å². The zero-order chi connectivity index (χ0) is 12.3. The molecule has 1 aromatic carbocycles. The van der Waals surface area contributed by atoms with Crippen molar-refractivity contribution in [1.29, 1.82) is 0 Å². The largest absolute Gasteiger partial charge is 0.465 e. The summed E-state index contributed by atoms with van der Waals surface area (Å²) in [7, 11) is 0. The molecule has 0 aromatic heterocycles. The lowest BCUT2D eigenvalue weighted by Gasteiger charge is -2.14. The number of hydrogen-bond donors (Lipinski definition) is 3. The van der Waals surface area contributed by atoms with Crippen LogP contribution in [0.15, 0.2) is 18.2 Å². The van der Waals surface area contributed by atoms with Gasteiger partial charge in [0.1, 0.15) is 17.7 Å². The summed E-state index contributed by atoms with van der Waals surface area (Å²) in [6.45, 7) is 0. The highest BCUT2D eigenvalue weighted by Crippen LogP contribution is 2.17. The molecule has 0 saturated heterocycles. The van der Waals surface area contributed by atoms with E-state index >= 15 is 0 Å². The zero-order valence-corrected chi connectivity index (χ0v) is 7.91. The number of amides is 2. The molecule has 0 heterocycles. The molecule has 16 heavy (non-hydrogen) atoms. The van der Waals surface area contributed by atoms with E-state index in [1.807, 2.05) is 0 Å². The van der Waals surface area contributed by atoms with Crippen LogP contribution in [0.5, 0.6) is 0 Å². The highest BCUT2D eigenvalue weighted by molar-refractivity contribution is 5.85. The van der Waals surface area contributed by atoms with Gasteiger partial charge in [-0.3, -0.25) is 4.79 Å². The molecular formula is C9H8F2N2O3. The maximum atomic E-state index is 13.2. The molecular weight excluding hydrogens is 222 g/mol. The van der Waals surface area contributed by atoms with Gasteiger partial charge in [0, 0.05) is 11.6 Å². The number of carbonyl (C=O) groups is 2. The topological polar surface area (TPSA) is 92.4 Å². The van der Waals surface area contributed by atoms with Gasteiger partial charge in [-0.25, -0.2) is 13.6 Å². The molecule has 0 aliphatic heterocycles. The third-order valence-electron chi connectivity index (χ3n) is 1.83. The normalized spacial score (nSPS) is 11.9. The summed E-state index contributed by atoms with van der Waals surface area (Å²) in [5.41, 5.74) is 4.58. The Balaban J connectivity index is 3.10. The van der Waals surface area contributed by atoms with Crippen LogP contribution in [0.2, 0.25) is 0 Å². The van der Waals surface area contributed by atoms with Crippen LogP contribution in [0.25, 0.3) is 0 Å². The van der Waals surface area contributed by atoms with E-state index in [9.17, 15) is 18.4 Å². The lowest BCUT2D eigenvalue weighted by Crippen LogP contribution is -2.37. The predicted octanol–water partition coefficient (Wildman–Crippen LogP) is 0.759. The lowest BCUT2D eigenvalue weighted by molar-refractivity contribution is -0.120. The van der Waals surface area contributed by atoms with E-state index in [1.165, 1.54) is 0 Å². The van der Waals surface area contributed by atoms with Crippen molar-refractivity contribution in [3.05, 3.63) is 35.4 Å². The standard InChI is InChI=1S/C9H8F2N2O3/c10-4-1-2-5(6(11)3-4)7(8(12)14)13-9(15)16/h1-3,7,13H,(H2,12,14)(H,15,16).